The first-order valence-corrected chi connectivity index (χ1v) is 10.3. The highest BCUT2D eigenvalue weighted by Gasteiger charge is 2.47. The number of aliphatic hydroxyl groups excluding tert-OH is 1. The Kier molecular flexibility index (Phi) is 5.53. The van der Waals surface area contributed by atoms with Gasteiger partial charge in [0.2, 0.25) is 0 Å². The van der Waals surface area contributed by atoms with Crippen LogP contribution >= 0.6 is 0 Å². The van der Waals surface area contributed by atoms with Crippen molar-refractivity contribution in [2.75, 3.05) is 0 Å². The summed E-state index contributed by atoms with van der Waals surface area (Å²) in [5.74, 6) is 3.78. The molecule has 1 unspecified atom stereocenters. The fourth-order valence-electron chi connectivity index (χ4n) is 6.30. The molecule has 0 aromatic carbocycles. The maximum absolute atomic E-state index is 9.95. The summed E-state index contributed by atoms with van der Waals surface area (Å²) >= 11 is 0. The second kappa shape index (κ2) is 7.24. The molecule has 0 spiro atoms. The standard InChI is InChI=1S/C21H38O/c1-16-8-10-18(11-9-16)21(2,17-6-4-3-5-7-17)19-12-14-20(22)15-13-19/h16-20,22H,3-15H2,1-2H3. The van der Waals surface area contributed by atoms with Crippen molar-refractivity contribution in [3.63, 3.8) is 0 Å². The van der Waals surface area contributed by atoms with Crippen LogP contribution in [0.1, 0.15) is 97.3 Å². The van der Waals surface area contributed by atoms with E-state index in [9.17, 15) is 5.11 Å². The monoisotopic (exact) mass is 306 g/mol. The van der Waals surface area contributed by atoms with Crippen molar-refractivity contribution in [1.29, 1.82) is 0 Å². The first kappa shape index (κ1) is 16.8. The summed E-state index contributed by atoms with van der Waals surface area (Å²) in [6.07, 6.45) is 18.0. The summed E-state index contributed by atoms with van der Waals surface area (Å²) in [5.41, 5.74) is 0.570. The van der Waals surface area contributed by atoms with Crippen LogP contribution in [-0.2, 0) is 0 Å². The van der Waals surface area contributed by atoms with E-state index in [1.807, 2.05) is 0 Å². The van der Waals surface area contributed by atoms with Gasteiger partial charge in [-0.1, -0.05) is 46.0 Å². The highest BCUT2D eigenvalue weighted by molar-refractivity contribution is 4.97. The molecule has 0 saturated heterocycles. The summed E-state index contributed by atoms with van der Waals surface area (Å²) in [6.45, 7) is 5.14. The minimum absolute atomic E-state index is 0.00164. The third-order valence-electron chi connectivity index (χ3n) is 7.96. The van der Waals surface area contributed by atoms with Crippen molar-refractivity contribution < 1.29 is 5.11 Å². The molecule has 0 amide bonds. The summed E-state index contributed by atoms with van der Waals surface area (Å²) in [4.78, 5) is 0. The van der Waals surface area contributed by atoms with Crippen molar-refractivity contribution in [2.45, 2.75) is 103 Å². The average Bonchev–Trinajstić information content (AvgIpc) is 2.56. The Hall–Kier alpha value is -0.0400. The molecular formula is C21H38O. The van der Waals surface area contributed by atoms with Gasteiger partial charge in [-0.15, -0.1) is 0 Å². The van der Waals surface area contributed by atoms with Crippen molar-refractivity contribution in [2.24, 2.45) is 29.1 Å². The summed E-state index contributed by atoms with van der Waals surface area (Å²) in [7, 11) is 0. The minimum atomic E-state index is -0.00164. The van der Waals surface area contributed by atoms with Crippen LogP contribution in [0.3, 0.4) is 0 Å². The van der Waals surface area contributed by atoms with Crippen LogP contribution in [0.15, 0.2) is 0 Å². The van der Waals surface area contributed by atoms with E-state index in [1.165, 1.54) is 70.6 Å². The minimum Gasteiger partial charge on any atom is -0.393 e. The molecule has 0 radical (unpaired) electrons. The predicted octanol–water partition coefficient (Wildman–Crippen LogP) is 5.95. The SMILES string of the molecule is CC1CCC(C(C)(C2CCCCC2)C2CCC(O)CC2)CC1. The molecule has 22 heavy (non-hydrogen) atoms. The average molecular weight is 307 g/mol. The second-order valence-electron chi connectivity index (χ2n) is 9.16. The number of hydrogen-bond donors (Lipinski definition) is 1. The predicted molar refractivity (Wildman–Crippen MR) is 93.8 cm³/mol. The lowest BCUT2D eigenvalue weighted by Crippen LogP contribution is -2.45. The molecule has 1 N–H and O–H groups in total. The molecule has 3 rings (SSSR count). The summed E-state index contributed by atoms with van der Waals surface area (Å²) < 4.78 is 0. The molecular weight excluding hydrogens is 268 g/mol. The van der Waals surface area contributed by atoms with Crippen LogP contribution in [-0.4, -0.2) is 11.2 Å². The second-order valence-corrected chi connectivity index (χ2v) is 9.16. The number of hydrogen-bond acceptors (Lipinski definition) is 1. The Morgan fingerprint density at radius 3 is 1.64 bits per heavy atom. The van der Waals surface area contributed by atoms with Gasteiger partial charge in [0.05, 0.1) is 6.10 Å². The van der Waals surface area contributed by atoms with E-state index < -0.39 is 0 Å². The third kappa shape index (κ3) is 3.40. The maximum Gasteiger partial charge on any atom is 0.0540 e. The molecule has 1 heteroatoms. The Balaban J connectivity index is 1.77. The van der Waals surface area contributed by atoms with Crippen molar-refractivity contribution in [3.8, 4) is 0 Å². The zero-order valence-corrected chi connectivity index (χ0v) is 15.0. The van der Waals surface area contributed by atoms with E-state index in [2.05, 4.69) is 13.8 Å². The largest absolute Gasteiger partial charge is 0.393 e. The van der Waals surface area contributed by atoms with Crippen LogP contribution in [0.4, 0.5) is 0 Å². The van der Waals surface area contributed by atoms with Gasteiger partial charge < -0.3 is 5.11 Å². The van der Waals surface area contributed by atoms with Crippen LogP contribution in [0, 0.1) is 29.1 Å². The molecule has 0 heterocycles. The molecule has 128 valence electrons. The van der Waals surface area contributed by atoms with Gasteiger partial charge in [-0.25, -0.2) is 0 Å². The van der Waals surface area contributed by atoms with Gasteiger partial charge in [-0.3, -0.25) is 0 Å². The molecule has 3 saturated carbocycles. The van der Waals surface area contributed by atoms with Crippen molar-refractivity contribution in [1.82, 2.24) is 0 Å². The Labute approximate surface area is 138 Å². The molecule has 3 fully saturated rings. The van der Waals surface area contributed by atoms with E-state index in [0.717, 1.165) is 36.5 Å². The summed E-state index contributed by atoms with van der Waals surface area (Å²) in [6, 6.07) is 0. The van der Waals surface area contributed by atoms with Gasteiger partial charge in [-0.2, -0.15) is 0 Å². The molecule has 0 aliphatic heterocycles. The van der Waals surface area contributed by atoms with Gasteiger partial charge in [0, 0.05) is 0 Å². The normalized spacial score (nSPS) is 41.0. The fraction of sp³-hybridized carbons (Fsp3) is 1.00. The van der Waals surface area contributed by atoms with E-state index in [-0.39, 0.29) is 6.10 Å². The van der Waals surface area contributed by atoms with Gasteiger partial charge >= 0.3 is 0 Å². The van der Waals surface area contributed by atoms with Crippen LogP contribution < -0.4 is 0 Å². The van der Waals surface area contributed by atoms with Crippen molar-refractivity contribution >= 4 is 0 Å². The van der Waals surface area contributed by atoms with Gasteiger partial charge in [0.1, 0.15) is 0 Å². The molecule has 3 aliphatic carbocycles. The van der Waals surface area contributed by atoms with E-state index in [1.54, 1.807) is 0 Å². The zero-order valence-electron chi connectivity index (χ0n) is 15.0. The zero-order chi connectivity index (χ0) is 15.6. The lowest BCUT2D eigenvalue weighted by molar-refractivity contribution is -0.0500. The van der Waals surface area contributed by atoms with Crippen molar-refractivity contribution in [3.05, 3.63) is 0 Å². The molecule has 0 aromatic heterocycles. The van der Waals surface area contributed by atoms with Gasteiger partial charge in [-0.05, 0) is 80.5 Å². The Morgan fingerprint density at radius 1 is 0.636 bits per heavy atom. The smallest absolute Gasteiger partial charge is 0.0540 e. The Morgan fingerprint density at radius 2 is 1.09 bits per heavy atom. The fourth-order valence-corrected chi connectivity index (χ4v) is 6.30. The van der Waals surface area contributed by atoms with Crippen LogP contribution in [0.5, 0.6) is 0 Å². The highest BCUT2D eigenvalue weighted by Crippen LogP contribution is 2.56. The molecule has 3 aliphatic rings. The third-order valence-corrected chi connectivity index (χ3v) is 7.96. The van der Waals surface area contributed by atoms with E-state index in [0.29, 0.717) is 5.41 Å². The first-order chi connectivity index (χ1) is 10.6. The number of aliphatic hydroxyl groups is 1. The number of rotatable bonds is 3. The van der Waals surface area contributed by atoms with Crippen LogP contribution in [0.2, 0.25) is 0 Å². The quantitative estimate of drug-likeness (QED) is 0.683. The maximum atomic E-state index is 9.95. The topological polar surface area (TPSA) is 20.2 Å². The summed E-state index contributed by atoms with van der Waals surface area (Å²) in [5, 5.41) is 9.95. The molecule has 0 aromatic rings. The molecule has 1 atom stereocenters. The van der Waals surface area contributed by atoms with E-state index >= 15 is 0 Å². The van der Waals surface area contributed by atoms with Gasteiger partial charge in [0.25, 0.3) is 0 Å². The lowest BCUT2D eigenvalue weighted by Gasteiger charge is -2.53. The van der Waals surface area contributed by atoms with Crippen LogP contribution in [0.25, 0.3) is 0 Å². The molecule has 1 nitrogen and oxygen atoms in total. The lowest BCUT2D eigenvalue weighted by atomic mass is 9.52. The molecule has 0 bridgehead atoms. The highest BCUT2D eigenvalue weighted by atomic mass is 16.3. The van der Waals surface area contributed by atoms with E-state index in [4.69, 9.17) is 0 Å². The Bertz CT molecular complexity index is 306. The first-order valence-electron chi connectivity index (χ1n) is 10.3. The van der Waals surface area contributed by atoms with Gasteiger partial charge in [0.15, 0.2) is 0 Å².